The largest absolute Gasteiger partial charge is 0.328 e. The Bertz CT molecular complexity index is 125. The summed E-state index contributed by atoms with van der Waals surface area (Å²) >= 11 is 2.14. The molecule has 0 spiro atoms. The minimum Gasteiger partial charge on any atom is -0.328 e. The molecule has 0 bridgehead atoms. The molecule has 2 N–H and O–H groups in total. The van der Waals surface area contributed by atoms with E-state index in [1.807, 2.05) is 0 Å². The van der Waals surface area contributed by atoms with E-state index in [1.165, 1.54) is 31.4 Å². The monoisotopic (exact) mass is 187 g/mol. The topological polar surface area (TPSA) is 26.0 Å². The average Bonchev–Trinajstić information content (AvgIpc) is 2.35. The van der Waals surface area contributed by atoms with E-state index in [0.717, 1.165) is 11.2 Å². The average molecular weight is 187 g/mol. The van der Waals surface area contributed by atoms with Crippen molar-refractivity contribution in [3.05, 3.63) is 0 Å². The standard InChI is InChI=1S/C10H21NS/c1-8(2)5-6-12-10-4-3-9(11)7-10/h8-10H,3-7,11H2,1-2H3. The highest BCUT2D eigenvalue weighted by Crippen LogP contribution is 2.29. The number of hydrogen-bond donors (Lipinski definition) is 1. The molecule has 1 fully saturated rings. The zero-order valence-corrected chi connectivity index (χ0v) is 9.07. The third-order valence-corrected chi connectivity index (χ3v) is 3.84. The van der Waals surface area contributed by atoms with Crippen LogP contribution in [0.3, 0.4) is 0 Å². The molecule has 0 saturated heterocycles. The van der Waals surface area contributed by atoms with Crippen molar-refractivity contribution in [1.82, 2.24) is 0 Å². The van der Waals surface area contributed by atoms with Gasteiger partial charge in [-0.15, -0.1) is 0 Å². The molecule has 1 aliphatic rings. The van der Waals surface area contributed by atoms with E-state index in [2.05, 4.69) is 25.6 Å². The van der Waals surface area contributed by atoms with Gasteiger partial charge in [-0.1, -0.05) is 13.8 Å². The molecular formula is C10H21NS. The van der Waals surface area contributed by atoms with Crippen molar-refractivity contribution in [3.63, 3.8) is 0 Å². The maximum atomic E-state index is 5.84. The lowest BCUT2D eigenvalue weighted by Gasteiger charge is -2.09. The minimum atomic E-state index is 0.501. The second kappa shape index (κ2) is 5.13. The fourth-order valence-corrected chi connectivity index (χ4v) is 3.22. The Labute approximate surface area is 80.5 Å². The van der Waals surface area contributed by atoms with E-state index >= 15 is 0 Å². The van der Waals surface area contributed by atoms with Crippen molar-refractivity contribution in [2.45, 2.75) is 50.8 Å². The summed E-state index contributed by atoms with van der Waals surface area (Å²) in [5, 5.41) is 0.874. The Morgan fingerprint density at radius 3 is 2.67 bits per heavy atom. The summed E-state index contributed by atoms with van der Waals surface area (Å²) in [6, 6.07) is 0.501. The van der Waals surface area contributed by atoms with Crippen LogP contribution in [0.2, 0.25) is 0 Å². The van der Waals surface area contributed by atoms with Gasteiger partial charge in [-0.2, -0.15) is 11.8 Å². The highest BCUT2D eigenvalue weighted by molar-refractivity contribution is 7.99. The van der Waals surface area contributed by atoms with E-state index in [4.69, 9.17) is 5.73 Å². The molecule has 2 unspecified atom stereocenters. The molecule has 0 aliphatic heterocycles. The zero-order valence-electron chi connectivity index (χ0n) is 8.25. The Morgan fingerprint density at radius 2 is 2.17 bits per heavy atom. The van der Waals surface area contributed by atoms with Crippen molar-refractivity contribution in [2.24, 2.45) is 11.7 Å². The lowest BCUT2D eigenvalue weighted by molar-refractivity contribution is 0.631. The van der Waals surface area contributed by atoms with Crippen molar-refractivity contribution in [2.75, 3.05) is 5.75 Å². The fourth-order valence-electron chi connectivity index (χ4n) is 1.60. The molecule has 0 heterocycles. The summed E-state index contributed by atoms with van der Waals surface area (Å²) in [6.07, 6.45) is 5.21. The van der Waals surface area contributed by atoms with Crippen LogP contribution in [0.5, 0.6) is 0 Å². The molecule has 2 atom stereocenters. The Hall–Kier alpha value is 0.310. The predicted molar refractivity (Wildman–Crippen MR) is 57.5 cm³/mol. The van der Waals surface area contributed by atoms with Crippen LogP contribution in [-0.4, -0.2) is 17.0 Å². The van der Waals surface area contributed by atoms with Crippen molar-refractivity contribution in [3.8, 4) is 0 Å². The Balaban J connectivity index is 2.00. The van der Waals surface area contributed by atoms with Crippen molar-refractivity contribution < 1.29 is 0 Å². The number of nitrogens with two attached hydrogens (primary N) is 1. The van der Waals surface area contributed by atoms with Gasteiger partial charge in [-0.05, 0) is 37.4 Å². The van der Waals surface area contributed by atoms with Gasteiger partial charge in [0.15, 0.2) is 0 Å². The first kappa shape index (κ1) is 10.4. The van der Waals surface area contributed by atoms with Crippen LogP contribution in [-0.2, 0) is 0 Å². The smallest absolute Gasteiger partial charge is 0.00623 e. The number of thioether (sulfide) groups is 1. The molecule has 12 heavy (non-hydrogen) atoms. The highest BCUT2D eigenvalue weighted by atomic mass is 32.2. The molecule has 0 radical (unpaired) electrons. The highest BCUT2D eigenvalue weighted by Gasteiger charge is 2.21. The Kier molecular flexibility index (Phi) is 4.44. The molecule has 1 rings (SSSR count). The molecule has 0 aromatic rings. The zero-order chi connectivity index (χ0) is 8.97. The number of rotatable bonds is 4. The molecule has 0 aromatic heterocycles. The van der Waals surface area contributed by atoms with Gasteiger partial charge in [0, 0.05) is 11.3 Å². The predicted octanol–water partition coefficient (Wildman–Crippen LogP) is 2.65. The van der Waals surface area contributed by atoms with Gasteiger partial charge in [0.2, 0.25) is 0 Å². The molecule has 0 aromatic carbocycles. The molecule has 1 nitrogen and oxygen atoms in total. The van der Waals surface area contributed by atoms with Crippen LogP contribution in [0, 0.1) is 5.92 Å². The second-order valence-corrected chi connectivity index (χ2v) is 5.66. The van der Waals surface area contributed by atoms with E-state index in [0.29, 0.717) is 6.04 Å². The molecule has 1 aliphatic carbocycles. The van der Waals surface area contributed by atoms with Gasteiger partial charge in [-0.25, -0.2) is 0 Å². The number of hydrogen-bond acceptors (Lipinski definition) is 2. The van der Waals surface area contributed by atoms with E-state index in [-0.39, 0.29) is 0 Å². The van der Waals surface area contributed by atoms with Gasteiger partial charge < -0.3 is 5.73 Å². The lowest BCUT2D eigenvalue weighted by atomic mass is 10.2. The summed E-state index contributed by atoms with van der Waals surface area (Å²) in [5.74, 6) is 2.18. The van der Waals surface area contributed by atoms with Crippen LogP contribution in [0.15, 0.2) is 0 Å². The van der Waals surface area contributed by atoms with Crippen molar-refractivity contribution >= 4 is 11.8 Å². The first-order chi connectivity index (χ1) is 5.68. The van der Waals surface area contributed by atoms with E-state index < -0.39 is 0 Å². The van der Waals surface area contributed by atoms with Crippen LogP contribution in [0.25, 0.3) is 0 Å². The van der Waals surface area contributed by atoms with Gasteiger partial charge in [-0.3, -0.25) is 0 Å². The molecule has 72 valence electrons. The van der Waals surface area contributed by atoms with E-state index in [1.54, 1.807) is 0 Å². The van der Waals surface area contributed by atoms with Gasteiger partial charge in [0.25, 0.3) is 0 Å². The molecule has 2 heteroatoms. The quantitative estimate of drug-likeness (QED) is 0.732. The first-order valence-electron chi connectivity index (χ1n) is 5.05. The normalized spacial score (nSPS) is 30.0. The van der Waals surface area contributed by atoms with Gasteiger partial charge in [0.05, 0.1) is 0 Å². The second-order valence-electron chi connectivity index (χ2n) is 4.25. The Morgan fingerprint density at radius 1 is 1.42 bits per heavy atom. The molecule has 0 amide bonds. The summed E-state index contributed by atoms with van der Waals surface area (Å²) in [5.41, 5.74) is 5.84. The third kappa shape index (κ3) is 3.81. The SMILES string of the molecule is CC(C)CCSC1CCC(N)C1. The maximum absolute atomic E-state index is 5.84. The third-order valence-electron chi connectivity index (χ3n) is 2.47. The lowest BCUT2D eigenvalue weighted by Crippen LogP contribution is -2.15. The summed E-state index contributed by atoms with van der Waals surface area (Å²) in [4.78, 5) is 0. The summed E-state index contributed by atoms with van der Waals surface area (Å²) in [6.45, 7) is 4.59. The van der Waals surface area contributed by atoms with Gasteiger partial charge >= 0.3 is 0 Å². The minimum absolute atomic E-state index is 0.501. The molecular weight excluding hydrogens is 166 g/mol. The van der Waals surface area contributed by atoms with Crippen molar-refractivity contribution in [1.29, 1.82) is 0 Å². The van der Waals surface area contributed by atoms with Crippen LogP contribution in [0.1, 0.15) is 39.5 Å². The summed E-state index contributed by atoms with van der Waals surface area (Å²) < 4.78 is 0. The van der Waals surface area contributed by atoms with Gasteiger partial charge in [0.1, 0.15) is 0 Å². The van der Waals surface area contributed by atoms with Crippen LogP contribution < -0.4 is 5.73 Å². The van der Waals surface area contributed by atoms with E-state index in [9.17, 15) is 0 Å². The van der Waals surface area contributed by atoms with Crippen LogP contribution >= 0.6 is 11.8 Å². The fraction of sp³-hybridized carbons (Fsp3) is 1.00. The summed E-state index contributed by atoms with van der Waals surface area (Å²) in [7, 11) is 0. The molecule has 1 saturated carbocycles. The van der Waals surface area contributed by atoms with Crippen LogP contribution in [0.4, 0.5) is 0 Å². The maximum Gasteiger partial charge on any atom is 0.00623 e. The first-order valence-corrected chi connectivity index (χ1v) is 6.10.